The fourth-order valence-electron chi connectivity index (χ4n) is 0.760. The second-order valence-corrected chi connectivity index (χ2v) is 1.96. The Hall–Kier alpha value is -1.12. The lowest BCUT2D eigenvalue weighted by Crippen LogP contribution is -2.19. The van der Waals surface area contributed by atoms with Gasteiger partial charge in [-0.1, -0.05) is 0 Å². The molecule has 3 heteroatoms. The molecular weight excluding hydrogens is 116 g/mol. The summed E-state index contributed by atoms with van der Waals surface area (Å²) >= 11 is 0. The number of amides is 1. The van der Waals surface area contributed by atoms with Crippen molar-refractivity contribution >= 4 is 12.1 Å². The molecule has 0 aromatic heterocycles. The number of hydrogen-bond acceptors (Lipinski definition) is 2. The molecule has 1 aliphatic heterocycles. The van der Waals surface area contributed by atoms with Crippen molar-refractivity contribution in [3.8, 4) is 0 Å². The van der Waals surface area contributed by atoms with Crippen LogP contribution >= 0.6 is 0 Å². The van der Waals surface area contributed by atoms with Crippen molar-refractivity contribution in [1.82, 2.24) is 0 Å². The maximum absolute atomic E-state index is 10.5. The van der Waals surface area contributed by atoms with Crippen molar-refractivity contribution in [3.05, 3.63) is 11.6 Å². The lowest BCUT2D eigenvalue weighted by molar-refractivity contribution is -0.114. The summed E-state index contributed by atoms with van der Waals surface area (Å²) in [5.41, 5.74) is 5.59. The molecule has 0 spiro atoms. The second-order valence-electron chi connectivity index (χ2n) is 1.96. The van der Waals surface area contributed by atoms with Crippen LogP contribution in [0.4, 0.5) is 0 Å². The molecule has 1 unspecified atom stereocenters. The summed E-state index contributed by atoms with van der Waals surface area (Å²) in [6, 6.07) is -0.0394. The van der Waals surface area contributed by atoms with Gasteiger partial charge in [-0.2, -0.15) is 0 Å². The van der Waals surface area contributed by atoms with Crippen LogP contribution in [0.15, 0.2) is 16.6 Å². The van der Waals surface area contributed by atoms with Crippen molar-refractivity contribution in [2.24, 2.45) is 10.7 Å². The number of nitrogens with two attached hydrogens (primary N) is 1. The first-order valence-corrected chi connectivity index (χ1v) is 2.75. The molecule has 1 atom stereocenters. The van der Waals surface area contributed by atoms with Crippen LogP contribution in [0.25, 0.3) is 0 Å². The van der Waals surface area contributed by atoms with Gasteiger partial charge in [0.2, 0.25) is 5.91 Å². The SMILES string of the molecule is CC1N=CC=C1C(N)=O. The molecule has 0 saturated carbocycles. The van der Waals surface area contributed by atoms with Crippen LogP contribution in [0, 0.1) is 0 Å². The normalized spacial score (nSPS) is 24.1. The van der Waals surface area contributed by atoms with Gasteiger partial charge in [0.05, 0.1) is 6.04 Å². The summed E-state index contributed by atoms with van der Waals surface area (Å²) in [7, 11) is 0. The van der Waals surface area contributed by atoms with Gasteiger partial charge in [0, 0.05) is 11.8 Å². The van der Waals surface area contributed by atoms with Crippen LogP contribution in [-0.2, 0) is 4.79 Å². The predicted molar refractivity (Wildman–Crippen MR) is 35.2 cm³/mol. The van der Waals surface area contributed by atoms with Gasteiger partial charge in [-0.3, -0.25) is 9.79 Å². The van der Waals surface area contributed by atoms with Gasteiger partial charge >= 0.3 is 0 Å². The zero-order valence-corrected chi connectivity index (χ0v) is 5.16. The lowest BCUT2D eigenvalue weighted by Gasteiger charge is -1.99. The highest BCUT2D eigenvalue weighted by molar-refractivity contribution is 5.99. The molecule has 0 bridgehead atoms. The Morgan fingerprint density at radius 2 is 2.56 bits per heavy atom. The minimum Gasteiger partial charge on any atom is -0.366 e. The molecule has 1 amide bonds. The van der Waals surface area contributed by atoms with Crippen LogP contribution in [0.3, 0.4) is 0 Å². The molecular formula is C6H8N2O. The molecule has 0 aromatic carbocycles. The lowest BCUT2D eigenvalue weighted by atomic mass is 10.1. The third kappa shape index (κ3) is 0.988. The largest absolute Gasteiger partial charge is 0.366 e. The Labute approximate surface area is 53.3 Å². The van der Waals surface area contributed by atoms with Crippen molar-refractivity contribution < 1.29 is 4.79 Å². The Balaban J connectivity index is 2.76. The second kappa shape index (κ2) is 2.01. The number of rotatable bonds is 1. The highest BCUT2D eigenvalue weighted by atomic mass is 16.1. The van der Waals surface area contributed by atoms with E-state index in [2.05, 4.69) is 4.99 Å². The van der Waals surface area contributed by atoms with Crippen LogP contribution in [-0.4, -0.2) is 18.2 Å². The standard InChI is InChI=1S/C6H8N2O/c1-4-5(6(7)9)2-3-8-4/h2-4H,1H3,(H2,7,9). The molecule has 2 N–H and O–H groups in total. The minimum atomic E-state index is -0.375. The van der Waals surface area contributed by atoms with Crippen LogP contribution in [0.5, 0.6) is 0 Å². The molecule has 48 valence electrons. The van der Waals surface area contributed by atoms with Crippen molar-refractivity contribution in [2.75, 3.05) is 0 Å². The number of nitrogens with zero attached hydrogens (tertiary/aromatic N) is 1. The summed E-state index contributed by atoms with van der Waals surface area (Å²) in [6.45, 7) is 1.83. The Kier molecular flexibility index (Phi) is 1.34. The number of allylic oxidation sites excluding steroid dienone is 1. The first kappa shape index (κ1) is 6.01. The molecule has 0 fully saturated rings. The van der Waals surface area contributed by atoms with E-state index in [1.807, 2.05) is 6.92 Å². The fourth-order valence-corrected chi connectivity index (χ4v) is 0.760. The van der Waals surface area contributed by atoms with E-state index in [9.17, 15) is 4.79 Å². The van der Waals surface area contributed by atoms with E-state index in [1.54, 1.807) is 12.3 Å². The first-order chi connectivity index (χ1) is 4.22. The molecule has 0 saturated heterocycles. The van der Waals surface area contributed by atoms with E-state index in [4.69, 9.17) is 5.73 Å². The third-order valence-corrected chi connectivity index (χ3v) is 1.30. The Morgan fingerprint density at radius 3 is 2.78 bits per heavy atom. The topological polar surface area (TPSA) is 55.4 Å². The van der Waals surface area contributed by atoms with E-state index in [0.717, 1.165) is 0 Å². The average Bonchev–Trinajstić information content (AvgIpc) is 2.13. The van der Waals surface area contributed by atoms with E-state index in [-0.39, 0.29) is 11.9 Å². The van der Waals surface area contributed by atoms with Crippen LogP contribution < -0.4 is 5.73 Å². The monoisotopic (exact) mass is 124 g/mol. The number of aliphatic imine (C=N–C) groups is 1. The maximum atomic E-state index is 10.5. The van der Waals surface area contributed by atoms with Gasteiger partial charge in [-0.25, -0.2) is 0 Å². The number of carbonyl (C=O) groups is 1. The molecule has 1 rings (SSSR count). The smallest absolute Gasteiger partial charge is 0.246 e. The van der Waals surface area contributed by atoms with Gasteiger partial charge in [0.1, 0.15) is 0 Å². The summed E-state index contributed by atoms with van der Waals surface area (Å²) in [4.78, 5) is 14.4. The van der Waals surface area contributed by atoms with E-state index in [1.165, 1.54) is 0 Å². The van der Waals surface area contributed by atoms with Gasteiger partial charge in [-0.15, -0.1) is 0 Å². The minimum absolute atomic E-state index is 0.0394. The van der Waals surface area contributed by atoms with Gasteiger partial charge in [0.15, 0.2) is 0 Å². The highest BCUT2D eigenvalue weighted by Gasteiger charge is 2.14. The molecule has 1 aliphatic rings. The molecule has 0 aliphatic carbocycles. The summed E-state index contributed by atoms with van der Waals surface area (Å²) < 4.78 is 0. The van der Waals surface area contributed by atoms with Gasteiger partial charge in [0.25, 0.3) is 0 Å². The molecule has 0 radical (unpaired) electrons. The molecule has 1 heterocycles. The van der Waals surface area contributed by atoms with E-state index >= 15 is 0 Å². The molecule has 0 aromatic rings. The fraction of sp³-hybridized carbons (Fsp3) is 0.333. The van der Waals surface area contributed by atoms with Gasteiger partial charge in [-0.05, 0) is 13.0 Å². The van der Waals surface area contributed by atoms with Crippen LogP contribution in [0.2, 0.25) is 0 Å². The number of carbonyl (C=O) groups excluding carboxylic acids is 1. The Morgan fingerprint density at radius 1 is 1.89 bits per heavy atom. The van der Waals surface area contributed by atoms with E-state index < -0.39 is 0 Å². The predicted octanol–water partition coefficient (Wildman–Crippen LogP) is -0.129. The number of hydrogen-bond donors (Lipinski definition) is 1. The molecule has 3 nitrogen and oxygen atoms in total. The van der Waals surface area contributed by atoms with Crippen molar-refractivity contribution in [1.29, 1.82) is 0 Å². The average molecular weight is 124 g/mol. The third-order valence-electron chi connectivity index (χ3n) is 1.30. The number of primary amides is 1. The van der Waals surface area contributed by atoms with Crippen LogP contribution in [0.1, 0.15) is 6.92 Å². The maximum Gasteiger partial charge on any atom is 0.246 e. The van der Waals surface area contributed by atoms with Gasteiger partial charge < -0.3 is 5.73 Å². The zero-order chi connectivity index (χ0) is 6.85. The van der Waals surface area contributed by atoms with Crippen molar-refractivity contribution in [3.63, 3.8) is 0 Å². The molecule has 9 heavy (non-hydrogen) atoms. The zero-order valence-electron chi connectivity index (χ0n) is 5.16. The summed E-state index contributed by atoms with van der Waals surface area (Å²) in [5, 5.41) is 0. The Bertz CT molecular complexity index is 193. The first-order valence-electron chi connectivity index (χ1n) is 2.75. The summed E-state index contributed by atoms with van der Waals surface area (Å²) in [6.07, 6.45) is 3.25. The summed E-state index contributed by atoms with van der Waals surface area (Å²) in [5.74, 6) is -0.375. The highest BCUT2D eigenvalue weighted by Crippen LogP contribution is 2.08. The van der Waals surface area contributed by atoms with Crippen molar-refractivity contribution in [2.45, 2.75) is 13.0 Å². The quantitative estimate of drug-likeness (QED) is 0.520. The van der Waals surface area contributed by atoms with E-state index in [0.29, 0.717) is 5.57 Å².